The lowest BCUT2D eigenvalue weighted by Gasteiger charge is -2.19. The van der Waals surface area contributed by atoms with Gasteiger partial charge < -0.3 is 10.5 Å². The Balaban J connectivity index is 2.56. The highest BCUT2D eigenvalue weighted by molar-refractivity contribution is 5.75. The maximum Gasteiger partial charge on any atom is 0.232 e. The summed E-state index contributed by atoms with van der Waals surface area (Å²) < 4.78 is 5.02. The Hall–Kier alpha value is -1.68. The van der Waals surface area contributed by atoms with Crippen molar-refractivity contribution in [3.8, 4) is 5.88 Å². The summed E-state index contributed by atoms with van der Waals surface area (Å²) in [5.41, 5.74) is 8.35. The second kappa shape index (κ2) is 3.72. The molecule has 0 aliphatic heterocycles. The fourth-order valence-corrected chi connectivity index (χ4v) is 1.49. The molecule has 0 bridgehead atoms. The molecule has 84 valence electrons. The van der Waals surface area contributed by atoms with Gasteiger partial charge in [-0.15, -0.1) is 0 Å². The molecule has 1 aromatic carbocycles. The van der Waals surface area contributed by atoms with Crippen LogP contribution in [0.5, 0.6) is 5.88 Å². The molecule has 0 aliphatic carbocycles. The molecule has 1 aromatic heterocycles. The summed E-state index contributed by atoms with van der Waals surface area (Å²) in [7, 11) is 1.58. The standard InChI is InChI=1S/C12H15N3O/c1-12(2,13)8-4-5-9-10(6-8)14-7-11(15-9)16-3/h4-7H,13H2,1-3H3. The second-order valence-corrected chi connectivity index (χ2v) is 4.34. The number of hydrogen-bond acceptors (Lipinski definition) is 4. The number of aromatic nitrogens is 2. The van der Waals surface area contributed by atoms with Crippen molar-refractivity contribution in [1.29, 1.82) is 0 Å². The minimum Gasteiger partial charge on any atom is -0.480 e. The summed E-state index contributed by atoms with van der Waals surface area (Å²) >= 11 is 0. The molecule has 2 aromatic rings. The summed E-state index contributed by atoms with van der Waals surface area (Å²) in [6, 6.07) is 5.84. The molecular formula is C12H15N3O. The molecule has 4 nitrogen and oxygen atoms in total. The van der Waals surface area contributed by atoms with E-state index in [0.717, 1.165) is 16.6 Å². The van der Waals surface area contributed by atoms with Crippen molar-refractivity contribution in [2.75, 3.05) is 7.11 Å². The van der Waals surface area contributed by atoms with E-state index < -0.39 is 0 Å². The number of ether oxygens (including phenoxy) is 1. The lowest BCUT2D eigenvalue weighted by Crippen LogP contribution is -2.28. The molecule has 1 heterocycles. The maximum absolute atomic E-state index is 6.03. The average Bonchev–Trinajstić information content (AvgIpc) is 2.26. The number of nitrogens with two attached hydrogens (primary N) is 1. The van der Waals surface area contributed by atoms with E-state index in [1.165, 1.54) is 0 Å². The van der Waals surface area contributed by atoms with Crippen molar-refractivity contribution < 1.29 is 4.74 Å². The molecule has 0 aliphatic rings. The van der Waals surface area contributed by atoms with Gasteiger partial charge in [0.1, 0.15) is 0 Å². The molecule has 0 radical (unpaired) electrons. The van der Waals surface area contributed by atoms with E-state index in [9.17, 15) is 0 Å². The highest BCUT2D eigenvalue weighted by atomic mass is 16.5. The zero-order valence-electron chi connectivity index (χ0n) is 9.69. The van der Waals surface area contributed by atoms with E-state index in [2.05, 4.69) is 9.97 Å². The number of benzene rings is 1. The number of fused-ring (bicyclic) bond motifs is 1. The van der Waals surface area contributed by atoms with Gasteiger partial charge in [0.25, 0.3) is 0 Å². The predicted molar refractivity (Wildman–Crippen MR) is 63.3 cm³/mol. The van der Waals surface area contributed by atoms with Crippen LogP contribution in [0.4, 0.5) is 0 Å². The summed E-state index contributed by atoms with van der Waals surface area (Å²) in [4.78, 5) is 8.57. The van der Waals surface area contributed by atoms with Crippen molar-refractivity contribution in [2.45, 2.75) is 19.4 Å². The van der Waals surface area contributed by atoms with Crippen LogP contribution < -0.4 is 10.5 Å². The SMILES string of the molecule is COc1cnc2cc(C(C)(C)N)ccc2n1. The molecule has 2 N–H and O–H groups in total. The molecule has 0 spiro atoms. The summed E-state index contributed by atoms with van der Waals surface area (Å²) in [6.07, 6.45) is 1.61. The number of hydrogen-bond donors (Lipinski definition) is 1. The van der Waals surface area contributed by atoms with E-state index in [0.29, 0.717) is 5.88 Å². The van der Waals surface area contributed by atoms with Gasteiger partial charge in [-0.25, -0.2) is 9.97 Å². The molecule has 0 saturated carbocycles. The molecule has 4 heteroatoms. The molecule has 16 heavy (non-hydrogen) atoms. The molecular weight excluding hydrogens is 202 g/mol. The van der Waals surface area contributed by atoms with Gasteiger partial charge in [-0.3, -0.25) is 0 Å². The van der Waals surface area contributed by atoms with Crippen molar-refractivity contribution in [3.63, 3.8) is 0 Å². The third-order valence-electron chi connectivity index (χ3n) is 2.47. The lowest BCUT2D eigenvalue weighted by molar-refractivity contribution is 0.397. The zero-order valence-corrected chi connectivity index (χ0v) is 9.69. The third-order valence-corrected chi connectivity index (χ3v) is 2.47. The predicted octanol–water partition coefficient (Wildman–Crippen LogP) is 1.83. The summed E-state index contributed by atoms with van der Waals surface area (Å²) in [5.74, 6) is 0.521. The molecule has 0 fully saturated rings. The van der Waals surface area contributed by atoms with Crippen LogP contribution in [-0.2, 0) is 5.54 Å². The molecule has 0 amide bonds. The highest BCUT2D eigenvalue weighted by Gasteiger charge is 2.14. The van der Waals surface area contributed by atoms with Gasteiger partial charge in [0.2, 0.25) is 5.88 Å². The molecule has 2 rings (SSSR count). The Morgan fingerprint density at radius 3 is 2.62 bits per heavy atom. The van der Waals surface area contributed by atoms with Crippen molar-refractivity contribution in [1.82, 2.24) is 9.97 Å². The fourth-order valence-electron chi connectivity index (χ4n) is 1.49. The van der Waals surface area contributed by atoms with E-state index in [1.807, 2.05) is 32.0 Å². The normalized spacial score (nSPS) is 11.8. The van der Waals surface area contributed by atoms with Gasteiger partial charge in [0.05, 0.1) is 24.3 Å². The van der Waals surface area contributed by atoms with Crippen LogP contribution in [0.1, 0.15) is 19.4 Å². The largest absolute Gasteiger partial charge is 0.480 e. The second-order valence-electron chi connectivity index (χ2n) is 4.34. The van der Waals surface area contributed by atoms with Crippen molar-refractivity contribution >= 4 is 11.0 Å². The monoisotopic (exact) mass is 217 g/mol. The summed E-state index contributed by atoms with van der Waals surface area (Å²) in [5, 5.41) is 0. The van der Waals surface area contributed by atoms with E-state index >= 15 is 0 Å². The van der Waals surface area contributed by atoms with Gasteiger partial charge >= 0.3 is 0 Å². The highest BCUT2D eigenvalue weighted by Crippen LogP contribution is 2.21. The average molecular weight is 217 g/mol. The minimum atomic E-state index is -0.365. The minimum absolute atomic E-state index is 0.365. The van der Waals surface area contributed by atoms with Crippen LogP contribution in [0.2, 0.25) is 0 Å². The molecule has 0 saturated heterocycles. The number of rotatable bonds is 2. The fraction of sp³-hybridized carbons (Fsp3) is 0.333. The molecule has 0 atom stereocenters. The van der Waals surface area contributed by atoms with Crippen LogP contribution in [0.15, 0.2) is 24.4 Å². The maximum atomic E-state index is 6.03. The van der Waals surface area contributed by atoms with Gasteiger partial charge in [-0.1, -0.05) is 6.07 Å². The smallest absolute Gasteiger partial charge is 0.232 e. The van der Waals surface area contributed by atoms with E-state index in [1.54, 1.807) is 13.3 Å². The first-order valence-electron chi connectivity index (χ1n) is 5.11. The number of nitrogens with zero attached hydrogens (tertiary/aromatic N) is 2. The Labute approximate surface area is 94.5 Å². The first-order chi connectivity index (χ1) is 7.50. The van der Waals surface area contributed by atoms with Crippen LogP contribution in [0.3, 0.4) is 0 Å². The first kappa shape index (κ1) is 10.8. The Morgan fingerprint density at radius 1 is 1.25 bits per heavy atom. The van der Waals surface area contributed by atoms with Crippen LogP contribution in [0, 0.1) is 0 Å². The van der Waals surface area contributed by atoms with Crippen molar-refractivity contribution in [2.24, 2.45) is 5.73 Å². The van der Waals surface area contributed by atoms with Crippen LogP contribution >= 0.6 is 0 Å². The lowest BCUT2D eigenvalue weighted by atomic mass is 9.95. The number of methoxy groups -OCH3 is 1. The first-order valence-corrected chi connectivity index (χ1v) is 5.11. The van der Waals surface area contributed by atoms with Crippen LogP contribution in [-0.4, -0.2) is 17.1 Å². The Kier molecular flexibility index (Phi) is 2.52. The molecule has 0 unspecified atom stereocenters. The van der Waals surface area contributed by atoms with E-state index in [4.69, 9.17) is 10.5 Å². The van der Waals surface area contributed by atoms with Gasteiger partial charge in [-0.05, 0) is 31.5 Å². The van der Waals surface area contributed by atoms with Gasteiger partial charge in [-0.2, -0.15) is 0 Å². The summed E-state index contributed by atoms with van der Waals surface area (Å²) in [6.45, 7) is 3.93. The zero-order chi connectivity index (χ0) is 11.8. The van der Waals surface area contributed by atoms with Crippen molar-refractivity contribution in [3.05, 3.63) is 30.0 Å². The topological polar surface area (TPSA) is 61.0 Å². The van der Waals surface area contributed by atoms with Gasteiger partial charge in [0.15, 0.2) is 0 Å². The quantitative estimate of drug-likeness (QED) is 0.833. The third kappa shape index (κ3) is 1.97. The van der Waals surface area contributed by atoms with Gasteiger partial charge in [0, 0.05) is 5.54 Å². The Bertz CT molecular complexity index is 517. The van der Waals surface area contributed by atoms with Crippen LogP contribution in [0.25, 0.3) is 11.0 Å². The Morgan fingerprint density at radius 2 is 2.00 bits per heavy atom. The van der Waals surface area contributed by atoms with E-state index in [-0.39, 0.29) is 5.54 Å².